The van der Waals surface area contributed by atoms with Crippen LogP contribution >= 0.6 is 50.6 Å². The lowest BCUT2D eigenvalue weighted by Crippen LogP contribution is -2.15. The summed E-state index contributed by atoms with van der Waals surface area (Å²) in [6.07, 6.45) is 0. The molecule has 0 spiro atoms. The predicted molar refractivity (Wildman–Crippen MR) is 130 cm³/mol. The SMILES string of the molecule is CC(C)n1c(SCC(=O)Nc2ccc(Br)cc2Cl)nnc1-c1csc2ccccc12. The van der Waals surface area contributed by atoms with Crippen molar-refractivity contribution in [3.05, 3.63) is 57.3 Å². The van der Waals surface area contributed by atoms with E-state index >= 15 is 0 Å². The van der Waals surface area contributed by atoms with Crippen molar-refractivity contribution in [2.45, 2.75) is 25.0 Å². The molecule has 1 N–H and O–H groups in total. The van der Waals surface area contributed by atoms with Gasteiger partial charge in [-0.05, 0) is 38.1 Å². The van der Waals surface area contributed by atoms with Gasteiger partial charge in [0, 0.05) is 31.5 Å². The molecule has 2 aromatic carbocycles. The first-order valence-corrected chi connectivity index (χ1v) is 12.3. The Kier molecular flexibility index (Phi) is 6.48. The van der Waals surface area contributed by atoms with E-state index in [0.717, 1.165) is 21.2 Å². The molecule has 0 saturated carbocycles. The molecule has 0 saturated heterocycles. The number of benzene rings is 2. The molecule has 4 aromatic rings. The highest BCUT2D eigenvalue weighted by atomic mass is 79.9. The maximum atomic E-state index is 12.5. The first-order chi connectivity index (χ1) is 14.4. The number of hydrogen-bond donors (Lipinski definition) is 1. The molecule has 1 amide bonds. The quantitative estimate of drug-likeness (QED) is 0.281. The summed E-state index contributed by atoms with van der Waals surface area (Å²) in [5, 5.41) is 16.2. The maximum Gasteiger partial charge on any atom is 0.234 e. The van der Waals surface area contributed by atoms with Crippen molar-refractivity contribution >= 4 is 72.3 Å². The zero-order valence-corrected chi connectivity index (χ0v) is 20.2. The van der Waals surface area contributed by atoms with E-state index in [1.165, 1.54) is 16.5 Å². The molecule has 0 bridgehead atoms. The lowest BCUT2D eigenvalue weighted by molar-refractivity contribution is -0.113. The van der Waals surface area contributed by atoms with Gasteiger partial charge in [0.25, 0.3) is 0 Å². The van der Waals surface area contributed by atoms with Gasteiger partial charge in [-0.25, -0.2) is 0 Å². The van der Waals surface area contributed by atoms with Crippen LogP contribution in [0, 0.1) is 0 Å². The summed E-state index contributed by atoms with van der Waals surface area (Å²) in [5.74, 6) is 0.883. The van der Waals surface area contributed by atoms with Gasteiger partial charge in [-0.3, -0.25) is 9.36 Å². The van der Waals surface area contributed by atoms with Crippen LogP contribution in [0.3, 0.4) is 0 Å². The standard InChI is InChI=1S/C21H18BrClN4OS2/c1-12(2)27-20(15-10-29-18-6-4-3-5-14(15)18)25-26-21(27)30-11-19(28)24-17-8-7-13(22)9-16(17)23/h3-10,12H,11H2,1-2H3,(H,24,28). The zero-order valence-electron chi connectivity index (χ0n) is 16.2. The van der Waals surface area contributed by atoms with Gasteiger partial charge in [0.05, 0.1) is 16.5 Å². The molecule has 30 heavy (non-hydrogen) atoms. The minimum Gasteiger partial charge on any atom is -0.324 e. The van der Waals surface area contributed by atoms with E-state index in [4.69, 9.17) is 11.6 Å². The van der Waals surface area contributed by atoms with E-state index < -0.39 is 0 Å². The number of aromatic nitrogens is 3. The Labute approximate surface area is 196 Å². The van der Waals surface area contributed by atoms with Gasteiger partial charge in [-0.2, -0.15) is 0 Å². The number of halogens is 2. The highest BCUT2D eigenvalue weighted by Gasteiger charge is 2.20. The average Bonchev–Trinajstić information content (AvgIpc) is 3.32. The summed E-state index contributed by atoms with van der Waals surface area (Å²) in [5.41, 5.74) is 1.65. The molecule has 4 rings (SSSR count). The Hall–Kier alpha value is -1.87. The first kappa shape index (κ1) is 21.4. The summed E-state index contributed by atoms with van der Waals surface area (Å²) in [7, 11) is 0. The molecule has 154 valence electrons. The van der Waals surface area contributed by atoms with Gasteiger partial charge >= 0.3 is 0 Å². The number of hydrogen-bond acceptors (Lipinski definition) is 5. The molecular formula is C21H18BrClN4OS2. The maximum absolute atomic E-state index is 12.5. The Morgan fingerprint density at radius 1 is 1.27 bits per heavy atom. The van der Waals surface area contributed by atoms with Gasteiger partial charge in [0.15, 0.2) is 11.0 Å². The fourth-order valence-electron chi connectivity index (χ4n) is 3.08. The number of amides is 1. The molecule has 0 atom stereocenters. The molecule has 2 aromatic heterocycles. The van der Waals surface area contributed by atoms with Crippen LogP contribution in [0.2, 0.25) is 5.02 Å². The number of thioether (sulfide) groups is 1. The van der Waals surface area contributed by atoms with Crippen molar-refractivity contribution in [1.29, 1.82) is 0 Å². The summed E-state index contributed by atoms with van der Waals surface area (Å²) in [6, 6.07) is 13.8. The number of carbonyl (C=O) groups is 1. The minimum absolute atomic E-state index is 0.148. The third-order valence-electron chi connectivity index (χ3n) is 4.44. The fourth-order valence-corrected chi connectivity index (χ4v) is 5.61. The molecule has 0 aliphatic carbocycles. The normalized spacial score (nSPS) is 11.4. The topological polar surface area (TPSA) is 59.8 Å². The predicted octanol–water partition coefficient (Wildman–Crippen LogP) is 6.89. The Morgan fingerprint density at radius 2 is 2.07 bits per heavy atom. The van der Waals surface area contributed by atoms with Crippen LogP contribution in [0.1, 0.15) is 19.9 Å². The highest BCUT2D eigenvalue weighted by molar-refractivity contribution is 9.10. The van der Waals surface area contributed by atoms with Crippen molar-refractivity contribution in [1.82, 2.24) is 14.8 Å². The third-order valence-corrected chi connectivity index (χ3v) is 7.15. The van der Waals surface area contributed by atoms with Crippen LogP contribution in [-0.2, 0) is 4.79 Å². The largest absolute Gasteiger partial charge is 0.324 e. The van der Waals surface area contributed by atoms with E-state index in [2.05, 4.69) is 67.4 Å². The molecule has 0 aliphatic rings. The first-order valence-electron chi connectivity index (χ1n) is 9.23. The Balaban J connectivity index is 1.54. The molecule has 2 heterocycles. The number of nitrogens with one attached hydrogen (secondary N) is 1. The number of rotatable bonds is 6. The van der Waals surface area contributed by atoms with E-state index in [1.807, 2.05) is 18.2 Å². The van der Waals surface area contributed by atoms with Gasteiger partial charge in [0.1, 0.15) is 0 Å². The molecule has 0 fully saturated rings. The third kappa shape index (κ3) is 4.42. The van der Waals surface area contributed by atoms with E-state index in [-0.39, 0.29) is 17.7 Å². The smallest absolute Gasteiger partial charge is 0.234 e. The summed E-state index contributed by atoms with van der Waals surface area (Å²) in [4.78, 5) is 12.5. The van der Waals surface area contributed by atoms with Crippen molar-refractivity contribution in [3.8, 4) is 11.4 Å². The van der Waals surface area contributed by atoms with E-state index in [9.17, 15) is 4.79 Å². The van der Waals surface area contributed by atoms with Gasteiger partial charge in [-0.15, -0.1) is 21.5 Å². The monoisotopic (exact) mass is 520 g/mol. The van der Waals surface area contributed by atoms with E-state index in [0.29, 0.717) is 15.9 Å². The second-order valence-electron chi connectivity index (χ2n) is 6.88. The van der Waals surface area contributed by atoms with Crippen LogP contribution < -0.4 is 5.32 Å². The number of nitrogens with zero attached hydrogens (tertiary/aromatic N) is 3. The molecular weight excluding hydrogens is 504 g/mol. The Bertz CT molecular complexity index is 1220. The number of carbonyl (C=O) groups excluding carboxylic acids is 1. The molecule has 0 radical (unpaired) electrons. The van der Waals surface area contributed by atoms with Crippen molar-refractivity contribution in [3.63, 3.8) is 0 Å². The summed E-state index contributed by atoms with van der Waals surface area (Å²) in [6.45, 7) is 4.18. The molecule has 5 nitrogen and oxygen atoms in total. The molecule has 0 aliphatic heterocycles. The fraction of sp³-hybridized carbons (Fsp3) is 0.190. The van der Waals surface area contributed by atoms with Crippen molar-refractivity contribution in [2.75, 3.05) is 11.1 Å². The summed E-state index contributed by atoms with van der Waals surface area (Å²) >= 11 is 12.6. The Morgan fingerprint density at radius 3 is 2.83 bits per heavy atom. The summed E-state index contributed by atoms with van der Waals surface area (Å²) < 4.78 is 4.16. The highest BCUT2D eigenvalue weighted by Crippen LogP contribution is 2.36. The number of anilines is 1. The average molecular weight is 522 g/mol. The van der Waals surface area contributed by atoms with Crippen LogP contribution in [-0.4, -0.2) is 26.4 Å². The van der Waals surface area contributed by atoms with Crippen LogP contribution in [0.15, 0.2) is 57.5 Å². The number of thiophene rings is 1. The van der Waals surface area contributed by atoms with Crippen molar-refractivity contribution in [2.24, 2.45) is 0 Å². The van der Waals surface area contributed by atoms with Gasteiger partial charge in [-0.1, -0.05) is 57.5 Å². The van der Waals surface area contributed by atoms with Crippen LogP contribution in [0.4, 0.5) is 5.69 Å². The molecule has 9 heteroatoms. The lowest BCUT2D eigenvalue weighted by atomic mass is 10.1. The second-order valence-corrected chi connectivity index (χ2v) is 10.1. The van der Waals surface area contributed by atoms with Gasteiger partial charge in [0.2, 0.25) is 5.91 Å². The van der Waals surface area contributed by atoms with Crippen LogP contribution in [0.25, 0.3) is 21.5 Å². The minimum atomic E-state index is -0.148. The second kappa shape index (κ2) is 9.09. The lowest BCUT2D eigenvalue weighted by Gasteiger charge is -2.13. The van der Waals surface area contributed by atoms with Gasteiger partial charge < -0.3 is 5.32 Å². The van der Waals surface area contributed by atoms with Crippen LogP contribution in [0.5, 0.6) is 0 Å². The van der Waals surface area contributed by atoms with E-state index in [1.54, 1.807) is 23.5 Å². The zero-order chi connectivity index (χ0) is 21.3. The molecule has 0 unspecified atom stereocenters. The number of fused-ring (bicyclic) bond motifs is 1. The van der Waals surface area contributed by atoms with Crippen molar-refractivity contribution < 1.29 is 4.79 Å².